The van der Waals surface area contributed by atoms with Crippen LogP contribution in [-0.4, -0.2) is 34.7 Å². The average Bonchev–Trinajstić information content (AvgIpc) is 2.28. The summed E-state index contributed by atoms with van der Waals surface area (Å²) in [6, 6.07) is -1.03. The highest BCUT2D eigenvalue weighted by Crippen LogP contribution is 2.25. The summed E-state index contributed by atoms with van der Waals surface area (Å²) in [7, 11) is 0. The first kappa shape index (κ1) is 13.5. The van der Waals surface area contributed by atoms with E-state index in [0.29, 0.717) is 24.7 Å². The SMILES string of the molecule is N[C@H](CC(=O)O)C(=O)C1=CCC(N)(C=O)CC1. The number of aliphatic carboxylic acids is 1. The molecule has 0 fully saturated rings. The second kappa shape index (κ2) is 5.20. The van der Waals surface area contributed by atoms with Crippen LogP contribution in [-0.2, 0) is 14.4 Å². The maximum atomic E-state index is 11.7. The summed E-state index contributed by atoms with van der Waals surface area (Å²) in [5.41, 5.74) is 10.8. The molecule has 0 aromatic heterocycles. The van der Waals surface area contributed by atoms with Crippen molar-refractivity contribution in [3.8, 4) is 0 Å². The monoisotopic (exact) mass is 240 g/mol. The van der Waals surface area contributed by atoms with Gasteiger partial charge >= 0.3 is 5.97 Å². The second-order valence-corrected chi connectivity index (χ2v) is 4.35. The van der Waals surface area contributed by atoms with Crippen LogP contribution in [0, 0.1) is 0 Å². The minimum absolute atomic E-state index is 0.289. The lowest BCUT2D eigenvalue weighted by atomic mass is 9.82. The molecule has 0 radical (unpaired) electrons. The quantitative estimate of drug-likeness (QED) is 0.549. The summed E-state index contributed by atoms with van der Waals surface area (Å²) in [6.45, 7) is 0. The third-order valence-electron chi connectivity index (χ3n) is 2.87. The average molecular weight is 240 g/mol. The number of aldehydes is 1. The molecule has 0 aromatic rings. The first-order valence-corrected chi connectivity index (χ1v) is 5.34. The summed E-state index contributed by atoms with van der Waals surface area (Å²) in [4.78, 5) is 32.9. The normalized spacial score (nSPS) is 25.9. The third kappa shape index (κ3) is 3.47. The number of Topliss-reactive ketones (excluding diaryl/α,β-unsaturated/α-hetero) is 1. The Morgan fingerprint density at radius 2 is 2.24 bits per heavy atom. The number of hydrogen-bond acceptors (Lipinski definition) is 5. The summed E-state index contributed by atoms with van der Waals surface area (Å²) in [5.74, 6) is -1.48. The van der Waals surface area contributed by atoms with Crippen LogP contribution >= 0.6 is 0 Å². The number of nitrogens with two attached hydrogens (primary N) is 2. The first-order valence-electron chi connectivity index (χ1n) is 5.34. The van der Waals surface area contributed by atoms with Crippen LogP contribution in [0.2, 0.25) is 0 Å². The van der Waals surface area contributed by atoms with Crippen LogP contribution in [0.15, 0.2) is 11.6 Å². The lowest BCUT2D eigenvalue weighted by Crippen LogP contribution is -2.44. The van der Waals surface area contributed by atoms with Gasteiger partial charge in [-0.3, -0.25) is 9.59 Å². The van der Waals surface area contributed by atoms with Gasteiger partial charge < -0.3 is 21.4 Å². The highest BCUT2D eigenvalue weighted by Gasteiger charge is 2.30. The zero-order valence-electron chi connectivity index (χ0n) is 9.39. The van der Waals surface area contributed by atoms with Crippen molar-refractivity contribution in [1.82, 2.24) is 0 Å². The zero-order valence-corrected chi connectivity index (χ0v) is 9.39. The molecule has 1 aliphatic rings. The molecule has 0 amide bonds. The van der Waals surface area contributed by atoms with E-state index < -0.39 is 24.0 Å². The summed E-state index contributed by atoms with van der Waals surface area (Å²) in [5, 5.41) is 8.53. The molecular formula is C11H16N2O4. The molecule has 0 saturated heterocycles. The Kier molecular flexibility index (Phi) is 4.14. The van der Waals surface area contributed by atoms with Gasteiger partial charge in [0.2, 0.25) is 0 Å². The predicted octanol–water partition coefficient (Wildman–Crippen LogP) is -0.636. The number of carboxylic acids is 1. The van der Waals surface area contributed by atoms with E-state index in [2.05, 4.69) is 0 Å². The topological polar surface area (TPSA) is 123 Å². The molecule has 17 heavy (non-hydrogen) atoms. The molecule has 0 bridgehead atoms. The smallest absolute Gasteiger partial charge is 0.305 e. The molecule has 0 saturated carbocycles. The molecule has 0 heterocycles. The fourth-order valence-electron chi connectivity index (χ4n) is 1.73. The fourth-order valence-corrected chi connectivity index (χ4v) is 1.73. The van der Waals surface area contributed by atoms with Gasteiger partial charge in [0.1, 0.15) is 6.29 Å². The van der Waals surface area contributed by atoms with Gasteiger partial charge in [-0.1, -0.05) is 6.08 Å². The van der Waals surface area contributed by atoms with Gasteiger partial charge in [-0.15, -0.1) is 0 Å². The summed E-state index contributed by atoms with van der Waals surface area (Å²) < 4.78 is 0. The Bertz CT molecular complexity index is 378. The molecule has 2 atom stereocenters. The number of carboxylic acid groups (broad SMARTS) is 1. The first-order chi connectivity index (χ1) is 7.88. The van der Waals surface area contributed by atoms with Crippen LogP contribution in [0.5, 0.6) is 0 Å². The van der Waals surface area contributed by atoms with Crippen molar-refractivity contribution in [3.63, 3.8) is 0 Å². The molecule has 5 N–H and O–H groups in total. The predicted molar refractivity (Wildman–Crippen MR) is 60.2 cm³/mol. The van der Waals surface area contributed by atoms with Gasteiger partial charge in [-0.05, 0) is 24.8 Å². The molecule has 0 aliphatic heterocycles. The molecule has 1 rings (SSSR count). The van der Waals surface area contributed by atoms with Crippen molar-refractivity contribution in [1.29, 1.82) is 0 Å². The lowest BCUT2D eigenvalue weighted by Gasteiger charge is -2.27. The highest BCUT2D eigenvalue weighted by molar-refractivity contribution is 6.01. The summed E-state index contributed by atoms with van der Waals surface area (Å²) in [6.07, 6.45) is 2.91. The largest absolute Gasteiger partial charge is 0.481 e. The van der Waals surface area contributed by atoms with Crippen molar-refractivity contribution >= 4 is 18.0 Å². The van der Waals surface area contributed by atoms with Crippen LogP contribution in [0.4, 0.5) is 0 Å². The Morgan fingerprint density at radius 1 is 1.59 bits per heavy atom. The fraction of sp³-hybridized carbons (Fsp3) is 0.545. The minimum atomic E-state index is -1.11. The Hall–Kier alpha value is -1.53. The molecule has 1 unspecified atom stereocenters. The van der Waals surface area contributed by atoms with Gasteiger partial charge in [0.15, 0.2) is 5.78 Å². The van der Waals surface area contributed by atoms with E-state index in [-0.39, 0.29) is 12.2 Å². The number of carbonyl (C=O) groups is 3. The van der Waals surface area contributed by atoms with Gasteiger partial charge in [0.25, 0.3) is 0 Å². The van der Waals surface area contributed by atoms with Crippen molar-refractivity contribution in [2.75, 3.05) is 0 Å². The van der Waals surface area contributed by atoms with E-state index in [1.165, 1.54) is 0 Å². The lowest BCUT2D eigenvalue weighted by molar-refractivity contribution is -0.138. The Morgan fingerprint density at radius 3 is 2.65 bits per heavy atom. The maximum Gasteiger partial charge on any atom is 0.305 e. The van der Waals surface area contributed by atoms with Crippen molar-refractivity contribution in [2.45, 2.75) is 37.3 Å². The Balaban J connectivity index is 2.67. The van der Waals surface area contributed by atoms with E-state index in [1.54, 1.807) is 6.08 Å². The van der Waals surface area contributed by atoms with Crippen LogP contribution in [0.3, 0.4) is 0 Å². The van der Waals surface area contributed by atoms with Crippen LogP contribution < -0.4 is 11.5 Å². The van der Waals surface area contributed by atoms with Gasteiger partial charge in [0.05, 0.1) is 18.0 Å². The second-order valence-electron chi connectivity index (χ2n) is 4.35. The molecule has 1 aliphatic carbocycles. The van der Waals surface area contributed by atoms with Crippen LogP contribution in [0.1, 0.15) is 25.7 Å². The molecule has 0 spiro atoms. The minimum Gasteiger partial charge on any atom is -0.481 e. The summed E-state index contributed by atoms with van der Waals surface area (Å²) >= 11 is 0. The number of hydrogen-bond donors (Lipinski definition) is 3. The number of carbonyl (C=O) groups excluding carboxylic acids is 2. The molecule has 6 heteroatoms. The molecule has 6 nitrogen and oxygen atoms in total. The van der Waals surface area contributed by atoms with Crippen molar-refractivity contribution in [3.05, 3.63) is 11.6 Å². The van der Waals surface area contributed by atoms with E-state index in [9.17, 15) is 14.4 Å². The number of rotatable bonds is 5. The molecular weight excluding hydrogens is 224 g/mol. The maximum absolute atomic E-state index is 11.7. The van der Waals surface area contributed by atoms with Crippen LogP contribution in [0.25, 0.3) is 0 Å². The van der Waals surface area contributed by atoms with Gasteiger partial charge in [-0.25, -0.2) is 0 Å². The zero-order chi connectivity index (χ0) is 13.1. The third-order valence-corrected chi connectivity index (χ3v) is 2.87. The van der Waals surface area contributed by atoms with Gasteiger partial charge in [-0.2, -0.15) is 0 Å². The van der Waals surface area contributed by atoms with E-state index in [0.717, 1.165) is 0 Å². The Labute approximate surface area is 98.7 Å². The van der Waals surface area contributed by atoms with E-state index >= 15 is 0 Å². The highest BCUT2D eigenvalue weighted by atomic mass is 16.4. The van der Waals surface area contributed by atoms with Gasteiger partial charge in [0, 0.05) is 0 Å². The van der Waals surface area contributed by atoms with Crippen molar-refractivity contribution < 1.29 is 19.5 Å². The molecule has 0 aromatic carbocycles. The standard InChI is InChI=1S/C11H16N2O4/c12-8(5-9(15)16)10(17)7-1-3-11(13,6-14)4-2-7/h1,6,8H,2-5,12-13H2,(H,15,16)/t8-,11?/m1/s1. The van der Waals surface area contributed by atoms with E-state index in [1.807, 2.05) is 0 Å². The number of ketones is 1. The van der Waals surface area contributed by atoms with Crippen molar-refractivity contribution in [2.24, 2.45) is 11.5 Å². The molecule has 94 valence electrons. The van der Waals surface area contributed by atoms with E-state index in [4.69, 9.17) is 16.6 Å².